The number of amides is 1. The molecule has 6 heteroatoms. The molecule has 0 spiro atoms. The summed E-state index contributed by atoms with van der Waals surface area (Å²) in [6.07, 6.45) is -0.189. The van der Waals surface area contributed by atoms with E-state index in [-0.39, 0.29) is 29.5 Å². The van der Waals surface area contributed by atoms with Gasteiger partial charge in [-0.1, -0.05) is 27.5 Å². The molecule has 0 N–H and O–H groups in total. The smallest absolute Gasteiger partial charge is 0.235 e. The fourth-order valence-electron chi connectivity index (χ4n) is 1.58. The predicted octanol–water partition coefficient (Wildman–Crippen LogP) is 2.55. The molecule has 1 aromatic carbocycles. The number of anilines is 1. The lowest BCUT2D eigenvalue weighted by Crippen LogP contribution is -2.25. The predicted molar refractivity (Wildman–Crippen MR) is 61.1 cm³/mol. The van der Waals surface area contributed by atoms with Crippen molar-refractivity contribution in [3.8, 4) is 0 Å². The number of hydrogen-bond acceptors (Lipinski definition) is 2. The first kappa shape index (κ1) is 11.5. The number of nitrogens with zero attached hydrogens (tertiary/aromatic N) is 1. The number of halogens is 3. The molecule has 84 valence electrons. The Kier molecular flexibility index (Phi) is 2.99. The lowest BCUT2D eigenvalue weighted by atomic mass is 10.3. The normalized spacial score (nSPS) is 16.1. The van der Waals surface area contributed by atoms with E-state index in [0.717, 1.165) is 4.90 Å². The average molecular weight is 307 g/mol. The van der Waals surface area contributed by atoms with Crippen molar-refractivity contribution in [2.75, 3.05) is 11.4 Å². The summed E-state index contributed by atoms with van der Waals surface area (Å²) in [4.78, 5) is 23.6. The monoisotopic (exact) mass is 305 g/mol. The van der Waals surface area contributed by atoms with E-state index >= 15 is 0 Å². The molecule has 0 bridgehead atoms. The molecular formula is C10H6BrClFNO2. The van der Waals surface area contributed by atoms with Gasteiger partial charge in [0.25, 0.3) is 0 Å². The van der Waals surface area contributed by atoms with Crippen molar-refractivity contribution in [3.63, 3.8) is 0 Å². The number of benzene rings is 1. The van der Waals surface area contributed by atoms with Crippen LogP contribution in [-0.2, 0) is 9.59 Å². The summed E-state index contributed by atoms with van der Waals surface area (Å²) in [6.45, 7) is -0.114. The molecule has 0 aliphatic carbocycles. The topological polar surface area (TPSA) is 37.4 Å². The molecule has 1 aliphatic heterocycles. The molecule has 1 aliphatic rings. The highest BCUT2D eigenvalue weighted by Gasteiger charge is 2.31. The highest BCUT2D eigenvalue weighted by Crippen LogP contribution is 2.34. The van der Waals surface area contributed by atoms with Gasteiger partial charge in [0, 0.05) is 4.47 Å². The van der Waals surface area contributed by atoms with Gasteiger partial charge in [0.15, 0.2) is 5.78 Å². The van der Waals surface area contributed by atoms with Crippen LogP contribution in [0.2, 0.25) is 5.02 Å². The van der Waals surface area contributed by atoms with Gasteiger partial charge in [0.1, 0.15) is 5.82 Å². The second kappa shape index (κ2) is 4.14. The van der Waals surface area contributed by atoms with E-state index in [1.807, 2.05) is 0 Å². The van der Waals surface area contributed by atoms with Gasteiger partial charge in [0.05, 0.1) is 23.7 Å². The molecule has 16 heavy (non-hydrogen) atoms. The zero-order chi connectivity index (χ0) is 11.9. The molecule has 0 aromatic heterocycles. The Morgan fingerprint density at radius 3 is 2.56 bits per heavy atom. The lowest BCUT2D eigenvalue weighted by molar-refractivity contribution is -0.121. The maximum absolute atomic E-state index is 13.6. The number of carbonyl (C=O) groups excluding carboxylic acids is 2. The summed E-state index contributed by atoms with van der Waals surface area (Å²) in [7, 11) is 0. The zero-order valence-electron chi connectivity index (χ0n) is 7.97. The third kappa shape index (κ3) is 1.97. The first-order valence-corrected chi connectivity index (χ1v) is 5.62. The van der Waals surface area contributed by atoms with Crippen LogP contribution in [0, 0.1) is 5.82 Å². The van der Waals surface area contributed by atoms with Gasteiger partial charge in [-0.05, 0) is 12.1 Å². The Bertz CT molecular complexity index is 469. The van der Waals surface area contributed by atoms with E-state index in [1.54, 1.807) is 0 Å². The van der Waals surface area contributed by atoms with Gasteiger partial charge >= 0.3 is 0 Å². The van der Waals surface area contributed by atoms with Crippen molar-refractivity contribution in [1.29, 1.82) is 0 Å². The molecule has 1 fully saturated rings. The first-order valence-electron chi connectivity index (χ1n) is 4.45. The second-order valence-electron chi connectivity index (χ2n) is 3.41. The fraction of sp³-hybridized carbons (Fsp3) is 0.200. The number of hydrogen-bond donors (Lipinski definition) is 0. The maximum atomic E-state index is 13.6. The summed E-state index contributed by atoms with van der Waals surface area (Å²) < 4.78 is 14.1. The molecule has 0 atom stereocenters. The third-order valence-corrected chi connectivity index (χ3v) is 2.98. The number of rotatable bonds is 1. The van der Waals surface area contributed by atoms with E-state index in [2.05, 4.69) is 15.9 Å². The summed E-state index contributed by atoms with van der Waals surface area (Å²) in [5, 5.41) is 0.106. The van der Waals surface area contributed by atoms with Gasteiger partial charge < -0.3 is 4.90 Å². The SMILES string of the molecule is O=C1CC(=O)N(c2c(F)cc(Br)cc2Cl)C1. The number of carbonyl (C=O) groups is 2. The van der Waals surface area contributed by atoms with Gasteiger partial charge in [0.2, 0.25) is 5.91 Å². The average Bonchev–Trinajstić information content (AvgIpc) is 2.43. The summed E-state index contributed by atoms with van der Waals surface area (Å²) in [5.74, 6) is -1.28. The lowest BCUT2D eigenvalue weighted by Gasteiger charge is -2.17. The van der Waals surface area contributed by atoms with Crippen molar-refractivity contribution < 1.29 is 14.0 Å². The van der Waals surface area contributed by atoms with Crippen molar-refractivity contribution >= 4 is 44.9 Å². The van der Waals surface area contributed by atoms with Crippen LogP contribution in [0.1, 0.15) is 6.42 Å². The van der Waals surface area contributed by atoms with Crippen molar-refractivity contribution in [2.45, 2.75) is 6.42 Å². The Morgan fingerprint density at radius 2 is 2.06 bits per heavy atom. The Morgan fingerprint density at radius 1 is 1.38 bits per heavy atom. The van der Waals surface area contributed by atoms with E-state index < -0.39 is 11.7 Å². The van der Waals surface area contributed by atoms with Crippen LogP contribution in [0.4, 0.5) is 10.1 Å². The zero-order valence-corrected chi connectivity index (χ0v) is 10.3. The molecule has 2 rings (SSSR count). The van der Waals surface area contributed by atoms with Crippen molar-refractivity contribution in [2.24, 2.45) is 0 Å². The third-order valence-electron chi connectivity index (χ3n) is 2.24. The van der Waals surface area contributed by atoms with Gasteiger partial charge in [-0.15, -0.1) is 0 Å². The van der Waals surface area contributed by atoms with Crippen LogP contribution in [0.3, 0.4) is 0 Å². The van der Waals surface area contributed by atoms with Crippen LogP contribution in [-0.4, -0.2) is 18.2 Å². The fourth-order valence-corrected chi connectivity index (χ4v) is 2.45. The minimum atomic E-state index is -0.623. The molecular weight excluding hydrogens is 300 g/mol. The summed E-state index contributed by atoms with van der Waals surface area (Å²) >= 11 is 8.94. The number of Topliss-reactive ketones (excluding diaryl/α,β-unsaturated/α-hetero) is 1. The van der Waals surface area contributed by atoms with Crippen molar-refractivity contribution in [3.05, 3.63) is 27.4 Å². The van der Waals surface area contributed by atoms with E-state index in [4.69, 9.17) is 11.6 Å². The van der Waals surface area contributed by atoms with E-state index in [1.165, 1.54) is 12.1 Å². The second-order valence-corrected chi connectivity index (χ2v) is 4.74. The number of ketones is 1. The standard InChI is InChI=1S/C10H6BrClFNO2/c11-5-1-7(12)10(8(13)2-5)14-4-6(15)3-9(14)16/h1-2H,3-4H2. The van der Waals surface area contributed by atoms with Crippen molar-refractivity contribution in [1.82, 2.24) is 0 Å². The Labute approximate surface area is 104 Å². The van der Waals surface area contributed by atoms with Crippen LogP contribution in [0.5, 0.6) is 0 Å². The quantitative estimate of drug-likeness (QED) is 0.748. The Balaban J connectivity index is 2.48. The molecule has 0 radical (unpaired) electrons. The molecule has 0 saturated carbocycles. The first-order chi connectivity index (χ1) is 7.49. The van der Waals surface area contributed by atoms with Crippen LogP contribution < -0.4 is 4.90 Å². The summed E-state index contributed by atoms with van der Waals surface area (Å²) in [5.41, 5.74) is -0.0271. The molecule has 1 heterocycles. The molecule has 0 unspecified atom stereocenters. The van der Waals surface area contributed by atoms with Gasteiger partial charge in [-0.2, -0.15) is 0 Å². The highest BCUT2D eigenvalue weighted by molar-refractivity contribution is 9.10. The minimum absolute atomic E-state index is 0.0271. The maximum Gasteiger partial charge on any atom is 0.235 e. The summed E-state index contributed by atoms with van der Waals surface area (Å²) in [6, 6.07) is 2.69. The van der Waals surface area contributed by atoms with Gasteiger partial charge in [-0.3, -0.25) is 9.59 Å². The van der Waals surface area contributed by atoms with Gasteiger partial charge in [-0.25, -0.2) is 4.39 Å². The van der Waals surface area contributed by atoms with E-state index in [0.29, 0.717) is 4.47 Å². The molecule has 1 amide bonds. The van der Waals surface area contributed by atoms with E-state index in [9.17, 15) is 14.0 Å². The molecule has 1 saturated heterocycles. The van der Waals surface area contributed by atoms with Crippen LogP contribution in [0.25, 0.3) is 0 Å². The minimum Gasteiger partial charge on any atom is -0.301 e. The van der Waals surface area contributed by atoms with Crippen LogP contribution in [0.15, 0.2) is 16.6 Å². The largest absolute Gasteiger partial charge is 0.301 e. The molecule has 3 nitrogen and oxygen atoms in total. The molecule has 1 aromatic rings. The highest BCUT2D eigenvalue weighted by atomic mass is 79.9. The van der Waals surface area contributed by atoms with Crippen LogP contribution >= 0.6 is 27.5 Å². The Hall–Kier alpha value is -0.940.